The van der Waals surface area contributed by atoms with Crippen LogP contribution in [0, 0.1) is 13.8 Å². The summed E-state index contributed by atoms with van der Waals surface area (Å²) in [6, 6.07) is 23.6. The van der Waals surface area contributed by atoms with Gasteiger partial charge in [-0.25, -0.2) is 8.42 Å². The molecule has 2 amide bonds. The highest BCUT2D eigenvalue weighted by Crippen LogP contribution is 2.23. The zero-order valence-corrected chi connectivity index (χ0v) is 24.8. The summed E-state index contributed by atoms with van der Waals surface area (Å²) < 4.78 is 33.4. The van der Waals surface area contributed by atoms with Crippen molar-refractivity contribution >= 4 is 21.8 Å². The second-order valence-electron chi connectivity index (χ2n) is 10.5. The van der Waals surface area contributed by atoms with Gasteiger partial charge < -0.3 is 14.5 Å². The number of sulfonamides is 1. The van der Waals surface area contributed by atoms with Crippen LogP contribution in [0.25, 0.3) is 0 Å². The van der Waals surface area contributed by atoms with Crippen molar-refractivity contribution < 1.29 is 22.7 Å². The van der Waals surface area contributed by atoms with Gasteiger partial charge in [0.1, 0.15) is 0 Å². The van der Waals surface area contributed by atoms with Gasteiger partial charge in [-0.1, -0.05) is 66.2 Å². The van der Waals surface area contributed by atoms with Crippen LogP contribution in [0.3, 0.4) is 0 Å². The first-order valence-electron chi connectivity index (χ1n) is 13.9. The molecule has 0 N–H and O–H groups in total. The molecule has 0 aliphatic carbocycles. The van der Waals surface area contributed by atoms with Crippen LogP contribution in [0.2, 0.25) is 0 Å². The van der Waals surface area contributed by atoms with E-state index < -0.39 is 10.0 Å². The molecule has 8 nitrogen and oxygen atoms in total. The molecule has 0 radical (unpaired) electrons. The SMILES string of the molecule is COCCN(CC(=O)N(Cc1ccc(C)cc1)C1CCN(C(=O)c2ccccc2C)CC1)S(=O)(=O)c1ccccc1. The highest BCUT2D eigenvalue weighted by atomic mass is 32.2. The molecule has 9 heteroatoms. The first-order valence-corrected chi connectivity index (χ1v) is 15.4. The van der Waals surface area contributed by atoms with Gasteiger partial charge in [-0.15, -0.1) is 0 Å². The molecule has 4 rings (SSSR count). The summed E-state index contributed by atoms with van der Waals surface area (Å²) >= 11 is 0. The molecule has 0 aromatic heterocycles. The molecule has 1 heterocycles. The molecule has 3 aromatic rings. The summed E-state index contributed by atoms with van der Waals surface area (Å²) in [4.78, 5) is 30.9. The van der Waals surface area contributed by atoms with Gasteiger partial charge in [-0.3, -0.25) is 9.59 Å². The van der Waals surface area contributed by atoms with Crippen LogP contribution in [-0.4, -0.2) is 80.3 Å². The number of likely N-dealkylation sites (tertiary alicyclic amines) is 1. The Labute approximate surface area is 243 Å². The van der Waals surface area contributed by atoms with Crippen LogP contribution in [0.4, 0.5) is 0 Å². The number of hydrogen-bond acceptors (Lipinski definition) is 5. The van der Waals surface area contributed by atoms with Crippen LogP contribution in [0.15, 0.2) is 83.8 Å². The zero-order chi connectivity index (χ0) is 29.4. The summed E-state index contributed by atoms with van der Waals surface area (Å²) in [6.45, 7) is 5.26. The topological polar surface area (TPSA) is 87.2 Å². The number of carbonyl (C=O) groups excluding carboxylic acids is 2. The molecule has 0 saturated carbocycles. The minimum atomic E-state index is -3.91. The minimum absolute atomic E-state index is 0.00217. The largest absolute Gasteiger partial charge is 0.383 e. The number of methoxy groups -OCH3 is 1. The van der Waals surface area contributed by atoms with Crippen LogP contribution in [0.1, 0.15) is 39.9 Å². The standard InChI is InChI=1S/C32H39N3O5S/c1-25-13-15-27(16-14-25)23-35(28-17-19-33(20-18-28)32(37)30-12-8-7-9-26(30)2)31(36)24-34(21-22-40-3)41(38,39)29-10-5-4-6-11-29/h4-16,28H,17-24H2,1-3H3. The minimum Gasteiger partial charge on any atom is -0.383 e. The smallest absolute Gasteiger partial charge is 0.254 e. The van der Waals surface area contributed by atoms with Gasteiger partial charge in [0.05, 0.1) is 18.0 Å². The van der Waals surface area contributed by atoms with Gasteiger partial charge in [0.2, 0.25) is 15.9 Å². The Morgan fingerprint density at radius 1 is 0.902 bits per heavy atom. The molecule has 41 heavy (non-hydrogen) atoms. The maximum Gasteiger partial charge on any atom is 0.254 e. The average Bonchev–Trinajstić information content (AvgIpc) is 2.99. The number of hydrogen-bond donors (Lipinski definition) is 0. The highest BCUT2D eigenvalue weighted by molar-refractivity contribution is 7.89. The van der Waals surface area contributed by atoms with Crippen molar-refractivity contribution in [3.8, 4) is 0 Å². The molecule has 1 aliphatic rings. The predicted molar refractivity (Wildman–Crippen MR) is 159 cm³/mol. The van der Waals surface area contributed by atoms with Gasteiger partial charge >= 0.3 is 0 Å². The summed E-state index contributed by atoms with van der Waals surface area (Å²) in [5.41, 5.74) is 3.72. The first kappa shape index (κ1) is 30.4. The molecule has 3 aromatic carbocycles. The Balaban J connectivity index is 1.54. The Bertz CT molecular complexity index is 1420. The molecule has 218 valence electrons. The number of benzene rings is 3. The second-order valence-corrected chi connectivity index (χ2v) is 12.4. The number of ether oxygens (including phenoxy) is 1. The van der Waals surface area contributed by atoms with E-state index in [4.69, 9.17) is 4.74 Å². The molecule has 1 saturated heterocycles. The van der Waals surface area contributed by atoms with E-state index in [0.717, 1.165) is 16.7 Å². The lowest BCUT2D eigenvalue weighted by Gasteiger charge is -2.39. The lowest BCUT2D eigenvalue weighted by molar-refractivity contribution is -0.135. The molecule has 1 aliphatic heterocycles. The maximum absolute atomic E-state index is 13.9. The van der Waals surface area contributed by atoms with Gasteiger partial charge in [0.15, 0.2) is 0 Å². The quantitative estimate of drug-likeness (QED) is 0.340. The van der Waals surface area contributed by atoms with E-state index in [2.05, 4.69) is 0 Å². The molecular formula is C32H39N3O5S. The predicted octanol–water partition coefficient (Wildman–Crippen LogP) is 4.27. The van der Waals surface area contributed by atoms with Crippen molar-refractivity contribution in [3.05, 3.63) is 101 Å². The molecule has 0 spiro atoms. The van der Waals surface area contributed by atoms with Crippen LogP contribution < -0.4 is 0 Å². The number of aryl methyl sites for hydroxylation is 2. The third-order valence-electron chi connectivity index (χ3n) is 7.60. The van der Waals surface area contributed by atoms with Gasteiger partial charge in [0, 0.05) is 44.9 Å². The van der Waals surface area contributed by atoms with E-state index in [9.17, 15) is 18.0 Å². The van der Waals surface area contributed by atoms with Crippen molar-refractivity contribution in [1.29, 1.82) is 0 Å². The third-order valence-corrected chi connectivity index (χ3v) is 9.46. The monoisotopic (exact) mass is 577 g/mol. The summed E-state index contributed by atoms with van der Waals surface area (Å²) in [5, 5.41) is 0. The van der Waals surface area contributed by atoms with E-state index in [1.807, 2.05) is 67.3 Å². The van der Waals surface area contributed by atoms with Crippen molar-refractivity contribution in [1.82, 2.24) is 14.1 Å². The van der Waals surface area contributed by atoms with Crippen LogP contribution in [0.5, 0.6) is 0 Å². The Kier molecular flexibility index (Phi) is 10.3. The Morgan fingerprint density at radius 2 is 1.54 bits per heavy atom. The maximum atomic E-state index is 13.9. The molecule has 1 fully saturated rings. The third kappa shape index (κ3) is 7.61. The van der Waals surface area contributed by atoms with Crippen LogP contribution in [-0.2, 0) is 26.1 Å². The van der Waals surface area contributed by atoms with E-state index >= 15 is 0 Å². The number of nitrogens with zero attached hydrogens (tertiary/aromatic N) is 3. The number of carbonyl (C=O) groups is 2. The van der Waals surface area contributed by atoms with Crippen molar-refractivity contribution in [3.63, 3.8) is 0 Å². The van der Waals surface area contributed by atoms with Gasteiger partial charge in [-0.2, -0.15) is 4.31 Å². The van der Waals surface area contributed by atoms with E-state index in [1.54, 1.807) is 23.1 Å². The van der Waals surface area contributed by atoms with E-state index in [1.165, 1.54) is 23.5 Å². The summed E-state index contributed by atoms with van der Waals surface area (Å²) in [5.74, 6) is -0.275. The molecule has 0 unspecified atom stereocenters. The second kappa shape index (κ2) is 13.9. The highest BCUT2D eigenvalue weighted by Gasteiger charge is 2.33. The Morgan fingerprint density at radius 3 is 2.17 bits per heavy atom. The summed E-state index contributed by atoms with van der Waals surface area (Å²) in [7, 11) is -2.41. The molecular weight excluding hydrogens is 538 g/mol. The van der Waals surface area contributed by atoms with E-state index in [0.29, 0.717) is 38.0 Å². The number of piperidine rings is 1. The van der Waals surface area contributed by atoms with Crippen molar-refractivity contribution in [2.24, 2.45) is 0 Å². The number of rotatable bonds is 11. The van der Waals surface area contributed by atoms with E-state index in [-0.39, 0.29) is 42.4 Å². The fourth-order valence-corrected chi connectivity index (χ4v) is 6.53. The van der Waals surface area contributed by atoms with Gasteiger partial charge in [-0.05, 0) is 56.0 Å². The number of amides is 2. The lowest BCUT2D eigenvalue weighted by Crippen LogP contribution is -2.51. The molecule has 0 bridgehead atoms. The van der Waals surface area contributed by atoms with Crippen LogP contribution >= 0.6 is 0 Å². The molecule has 0 atom stereocenters. The fraction of sp³-hybridized carbons (Fsp3) is 0.375. The van der Waals surface area contributed by atoms with Crippen molar-refractivity contribution in [2.45, 2.75) is 44.2 Å². The van der Waals surface area contributed by atoms with Crippen molar-refractivity contribution in [2.75, 3.05) is 39.9 Å². The lowest BCUT2D eigenvalue weighted by atomic mass is 10.00. The average molecular weight is 578 g/mol. The fourth-order valence-electron chi connectivity index (χ4n) is 5.14. The normalized spacial score (nSPS) is 14.3. The van der Waals surface area contributed by atoms with Gasteiger partial charge in [0.25, 0.3) is 5.91 Å². The first-order chi connectivity index (χ1) is 19.7. The summed E-state index contributed by atoms with van der Waals surface area (Å²) in [6.07, 6.45) is 1.22. The Hall–Kier alpha value is -3.53. The zero-order valence-electron chi connectivity index (χ0n) is 24.0.